The van der Waals surface area contributed by atoms with Crippen molar-refractivity contribution in [3.05, 3.63) is 0 Å². The summed E-state index contributed by atoms with van der Waals surface area (Å²) in [5.41, 5.74) is -0.701. The number of likely N-dealkylation sites (N-methyl/N-ethyl adjacent to an activating group) is 2. The lowest BCUT2D eigenvalue weighted by Crippen LogP contribution is -2.55. The van der Waals surface area contributed by atoms with E-state index in [9.17, 15) is 19.5 Å². The van der Waals surface area contributed by atoms with Crippen molar-refractivity contribution >= 4 is 18.0 Å². The fraction of sp³-hybridized carbons (Fsp3) is 0.864. The number of carboxylic acid groups (broad SMARTS) is 1. The molecule has 1 aliphatic rings. The van der Waals surface area contributed by atoms with Gasteiger partial charge in [0.15, 0.2) is 6.04 Å². The molecule has 1 fully saturated rings. The number of carboxylic acids is 1. The van der Waals surface area contributed by atoms with Crippen LogP contribution in [0.3, 0.4) is 0 Å². The molecule has 0 saturated carbocycles. The zero-order chi connectivity index (χ0) is 24.5. The summed E-state index contributed by atoms with van der Waals surface area (Å²) in [5, 5.41) is 9.72. The van der Waals surface area contributed by atoms with Crippen LogP contribution >= 0.6 is 0 Å². The van der Waals surface area contributed by atoms with Crippen molar-refractivity contribution in [3.8, 4) is 0 Å². The molecule has 186 valence electrons. The molecule has 0 radical (unpaired) electrons. The first-order valence-corrected chi connectivity index (χ1v) is 11.2. The van der Waals surface area contributed by atoms with Crippen LogP contribution in [0.2, 0.25) is 0 Å². The summed E-state index contributed by atoms with van der Waals surface area (Å²) >= 11 is 0. The Hall–Kier alpha value is -1.91. The van der Waals surface area contributed by atoms with Crippen molar-refractivity contribution in [2.45, 2.75) is 71.2 Å². The zero-order valence-electron chi connectivity index (χ0n) is 20.6. The minimum atomic E-state index is -1.17. The highest BCUT2D eigenvalue weighted by molar-refractivity contribution is 5.89. The molecule has 0 aromatic rings. The minimum absolute atomic E-state index is 0.407. The number of aliphatic carboxylic acids is 1. The van der Waals surface area contributed by atoms with Crippen molar-refractivity contribution in [2.75, 3.05) is 53.6 Å². The third kappa shape index (κ3) is 9.30. The number of morpholine rings is 1. The third-order valence-corrected chi connectivity index (χ3v) is 5.44. The van der Waals surface area contributed by atoms with Crippen LogP contribution < -0.4 is 0 Å². The molecule has 0 aliphatic carbocycles. The Kier molecular flexibility index (Phi) is 11.4. The third-order valence-electron chi connectivity index (χ3n) is 5.44. The molecule has 1 aliphatic heterocycles. The lowest BCUT2D eigenvalue weighted by Gasteiger charge is -2.34. The van der Waals surface area contributed by atoms with Gasteiger partial charge in [-0.25, -0.2) is 9.59 Å². The molecule has 1 N–H and O–H groups in total. The van der Waals surface area contributed by atoms with Crippen LogP contribution in [0.15, 0.2) is 0 Å². The smallest absolute Gasteiger partial charge is 0.410 e. The lowest BCUT2D eigenvalue weighted by atomic mass is 10.1. The number of hydrogen-bond donors (Lipinski definition) is 1. The van der Waals surface area contributed by atoms with E-state index in [1.54, 1.807) is 34.6 Å². The summed E-state index contributed by atoms with van der Waals surface area (Å²) in [6.45, 7) is 13.1. The monoisotopic (exact) mass is 459 g/mol. The van der Waals surface area contributed by atoms with Crippen LogP contribution in [0.1, 0.15) is 47.5 Å². The molecule has 10 heteroatoms. The van der Waals surface area contributed by atoms with E-state index in [-0.39, 0.29) is 0 Å². The van der Waals surface area contributed by atoms with Gasteiger partial charge in [0.2, 0.25) is 5.91 Å². The number of nitrogens with zero attached hydrogens (tertiary/aromatic N) is 3. The van der Waals surface area contributed by atoms with Crippen LogP contribution in [-0.4, -0.2) is 115 Å². The van der Waals surface area contributed by atoms with Crippen molar-refractivity contribution in [2.24, 2.45) is 0 Å². The van der Waals surface area contributed by atoms with Gasteiger partial charge < -0.3 is 24.2 Å². The van der Waals surface area contributed by atoms with Gasteiger partial charge in [-0.05, 0) is 54.0 Å². The molecular formula is C22H41N3O7. The average Bonchev–Trinajstić information content (AvgIpc) is 2.71. The van der Waals surface area contributed by atoms with E-state index in [0.717, 1.165) is 50.6 Å². The van der Waals surface area contributed by atoms with E-state index in [1.165, 1.54) is 19.0 Å². The maximum atomic E-state index is 12.9. The molecule has 1 unspecified atom stereocenters. The number of rotatable bonds is 11. The van der Waals surface area contributed by atoms with E-state index in [0.29, 0.717) is 6.61 Å². The highest BCUT2D eigenvalue weighted by Crippen LogP contribution is 2.15. The number of carbonyl (C=O) groups excluding carboxylic acids is 2. The van der Waals surface area contributed by atoms with E-state index in [2.05, 4.69) is 4.90 Å². The minimum Gasteiger partial charge on any atom is -0.480 e. The van der Waals surface area contributed by atoms with Crippen LogP contribution in [0.25, 0.3) is 0 Å². The molecule has 1 heterocycles. The van der Waals surface area contributed by atoms with Gasteiger partial charge in [0.1, 0.15) is 11.6 Å². The molecular weight excluding hydrogens is 418 g/mol. The molecule has 0 aromatic heterocycles. The Morgan fingerprint density at radius 1 is 1.06 bits per heavy atom. The Morgan fingerprint density at radius 3 is 2.19 bits per heavy atom. The Labute approximate surface area is 191 Å². The SMILES string of the molecule is C[C@H](C(=O)N(C)C(C(=O)O)[C@@H](C)OCCCCN1CCOCC1)N(C)C(=O)OC(C)(C)C. The largest absolute Gasteiger partial charge is 0.480 e. The first kappa shape index (κ1) is 28.1. The van der Waals surface area contributed by atoms with E-state index in [4.69, 9.17) is 14.2 Å². The van der Waals surface area contributed by atoms with Crippen LogP contribution in [-0.2, 0) is 23.8 Å². The van der Waals surface area contributed by atoms with Gasteiger partial charge in [0.25, 0.3) is 0 Å². The second-order valence-electron chi connectivity index (χ2n) is 9.24. The number of amides is 2. The molecule has 0 bridgehead atoms. The lowest BCUT2D eigenvalue weighted by molar-refractivity contribution is -0.157. The predicted molar refractivity (Wildman–Crippen MR) is 120 cm³/mol. The Bertz CT molecular complexity index is 617. The van der Waals surface area contributed by atoms with Crippen molar-refractivity contribution < 1.29 is 33.7 Å². The van der Waals surface area contributed by atoms with Gasteiger partial charge in [-0.1, -0.05) is 0 Å². The standard InChI is InChI=1S/C22H41N3O7/c1-16(23(6)21(29)32-22(3,4)5)19(26)24(7)18(20(27)28)17(2)31-13-9-8-10-25-11-14-30-15-12-25/h16-18H,8-15H2,1-7H3,(H,27,28)/t16-,17-,18?/m1/s1. The normalized spacial score (nSPS) is 17.8. The van der Waals surface area contributed by atoms with Crippen LogP contribution in [0.4, 0.5) is 4.79 Å². The maximum absolute atomic E-state index is 12.9. The fourth-order valence-corrected chi connectivity index (χ4v) is 3.39. The number of unbranched alkanes of at least 4 members (excludes halogenated alkanes) is 1. The Balaban J connectivity index is 2.57. The molecule has 3 atom stereocenters. The van der Waals surface area contributed by atoms with Gasteiger partial charge in [0.05, 0.1) is 19.3 Å². The van der Waals surface area contributed by atoms with Crippen molar-refractivity contribution in [1.29, 1.82) is 0 Å². The van der Waals surface area contributed by atoms with Crippen LogP contribution in [0, 0.1) is 0 Å². The summed E-state index contributed by atoms with van der Waals surface area (Å²) < 4.78 is 16.4. The molecule has 0 spiro atoms. The highest BCUT2D eigenvalue weighted by Gasteiger charge is 2.37. The molecule has 2 amide bonds. The number of hydrogen-bond acceptors (Lipinski definition) is 7. The molecule has 0 aromatic carbocycles. The van der Waals surface area contributed by atoms with E-state index < -0.39 is 41.8 Å². The predicted octanol–water partition coefficient (Wildman–Crippen LogP) is 1.67. The molecule has 10 nitrogen and oxygen atoms in total. The zero-order valence-corrected chi connectivity index (χ0v) is 20.6. The van der Waals surface area contributed by atoms with Gasteiger partial charge in [-0.2, -0.15) is 0 Å². The summed E-state index contributed by atoms with van der Waals surface area (Å²) in [6.07, 6.45) is 0.382. The number of carbonyl (C=O) groups is 3. The van der Waals surface area contributed by atoms with Crippen molar-refractivity contribution in [1.82, 2.24) is 14.7 Å². The first-order valence-electron chi connectivity index (χ1n) is 11.2. The van der Waals surface area contributed by atoms with E-state index in [1.807, 2.05) is 0 Å². The van der Waals surface area contributed by atoms with Gasteiger partial charge in [-0.15, -0.1) is 0 Å². The molecule has 32 heavy (non-hydrogen) atoms. The van der Waals surface area contributed by atoms with Gasteiger partial charge in [0, 0.05) is 33.8 Å². The second kappa shape index (κ2) is 13.0. The summed E-state index contributed by atoms with van der Waals surface area (Å²) in [6, 6.07) is -2.06. The Morgan fingerprint density at radius 2 is 1.66 bits per heavy atom. The summed E-state index contributed by atoms with van der Waals surface area (Å²) in [4.78, 5) is 41.7. The summed E-state index contributed by atoms with van der Waals surface area (Å²) in [5.74, 6) is -1.66. The number of ether oxygens (including phenoxy) is 3. The quantitative estimate of drug-likeness (QED) is 0.465. The van der Waals surface area contributed by atoms with E-state index >= 15 is 0 Å². The van der Waals surface area contributed by atoms with Crippen molar-refractivity contribution in [3.63, 3.8) is 0 Å². The molecule has 1 saturated heterocycles. The summed E-state index contributed by atoms with van der Waals surface area (Å²) in [7, 11) is 2.87. The molecule has 1 rings (SSSR count). The highest BCUT2D eigenvalue weighted by atomic mass is 16.6. The fourth-order valence-electron chi connectivity index (χ4n) is 3.39. The maximum Gasteiger partial charge on any atom is 0.410 e. The van der Waals surface area contributed by atoms with Crippen LogP contribution in [0.5, 0.6) is 0 Å². The first-order chi connectivity index (χ1) is 14.8. The topological polar surface area (TPSA) is 109 Å². The van der Waals surface area contributed by atoms with Gasteiger partial charge in [-0.3, -0.25) is 14.6 Å². The second-order valence-corrected chi connectivity index (χ2v) is 9.24. The average molecular weight is 460 g/mol. The van der Waals surface area contributed by atoms with Gasteiger partial charge >= 0.3 is 12.1 Å².